The number of halogens is 1. The molecule has 0 amide bonds. The molecule has 20 heavy (non-hydrogen) atoms. The van der Waals surface area contributed by atoms with Crippen LogP contribution < -0.4 is 4.74 Å². The number of benzene rings is 1. The van der Waals surface area contributed by atoms with Gasteiger partial charge in [-0.15, -0.1) is 0 Å². The van der Waals surface area contributed by atoms with Gasteiger partial charge in [-0.1, -0.05) is 23.7 Å². The highest BCUT2D eigenvalue weighted by Gasteiger charge is 2.15. The summed E-state index contributed by atoms with van der Waals surface area (Å²) >= 11 is 6.03. The molecule has 0 spiro atoms. The fourth-order valence-electron chi connectivity index (χ4n) is 1.91. The van der Waals surface area contributed by atoms with Gasteiger partial charge in [0.15, 0.2) is 5.75 Å². The number of fused-ring (bicyclic) bond motifs is 1. The highest BCUT2D eigenvalue weighted by atomic mass is 35.5. The highest BCUT2D eigenvalue weighted by molar-refractivity contribution is 6.31. The Labute approximate surface area is 120 Å². The van der Waals surface area contributed by atoms with E-state index >= 15 is 0 Å². The number of aromatic nitrogens is 1. The van der Waals surface area contributed by atoms with Crippen LogP contribution in [0, 0.1) is 11.3 Å². The number of ether oxygens (including phenoxy) is 1. The Hall–Kier alpha value is -2.51. The maximum absolute atomic E-state index is 9.11. The van der Waals surface area contributed by atoms with Gasteiger partial charge in [-0.2, -0.15) is 5.26 Å². The van der Waals surface area contributed by atoms with E-state index in [2.05, 4.69) is 4.98 Å². The number of nitriles is 1. The molecule has 0 N–H and O–H groups in total. The maximum atomic E-state index is 9.11. The second-order valence-corrected chi connectivity index (χ2v) is 4.53. The van der Waals surface area contributed by atoms with Crippen LogP contribution in [0.25, 0.3) is 11.0 Å². The molecule has 1 aromatic carbocycles. The Morgan fingerprint density at radius 3 is 2.95 bits per heavy atom. The first kappa shape index (κ1) is 12.5. The topological polar surface area (TPSA) is 59.0 Å². The zero-order valence-corrected chi connectivity index (χ0v) is 11.1. The van der Waals surface area contributed by atoms with E-state index < -0.39 is 0 Å². The molecule has 0 radical (unpaired) electrons. The van der Waals surface area contributed by atoms with Crippen LogP contribution in [0.15, 0.2) is 47.1 Å². The third-order valence-corrected chi connectivity index (χ3v) is 3.22. The lowest BCUT2D eigenvalue weighted by Crippen LogP contribution is -1.97. The molecular formula is C15H9ClN2O2. The van der Waals surface area contributed by atoms with Gasteiger partial charge in [0.2, 0.25) is 5.76 Å². The van der Waals surface area contributed by atoms with Crippen molar-refractivity contribution in [2.45, 2.75) is 6.61 Å². The third kappa shape index (κ3) is 2.20. The first-order valence-electron chi connectivity index (χ1n) is 5.92. The number of para-hydroxylation sites is 1. The molecule has 4 nitrogen and oxygen atoms in total. The standard InChI is InChI=1S/C15H9ClN2O2/c16-12-8-18-6-5-10(12)9-19-15-11-3-1-2-4-13(11)20-14(15)7-17/h1-6,8H,9H2. The van der Waals surface area contributed by atoms with Gasteiger partial charge in [-0.25, -0.2) is 0 Å². The van der Waals surface area contributed by atoms with E-state index in [1.807, 2.05) is 24.3 Å². The van der Waals surface area contributed by atoms with Gasteiger partial charge in [0, 0.05) is 18.0 Å². The molecule has 0 bridgehead atoms. The predicted molar refractivity (Wildman–Crippen MR) is 74.5 cm³/mol. The molecule has 98 valence electrons. The molecule has 0 fully saturated rings. The number of rotatable bonds is 3. The number of hydrogen-bond donors (Lipinski definition) is 0. The summed E-state index contributed by atoms with van der Waals surface area (Å²) in [4.78, 5) is 3.92. The van der Waals surface area contributed by atoms with Crippen LogP contribution in [0.4, 0.5) is 0 Å². The van der Waals surface area contributed by atoms with Crippen molar-refractivity contribution in [3.63, 3.8) is 0 Å². The second-order valence-electron chi connectivity index (χ2n) is 4.12. The summed E-state index contributed by atoms with van der Waals surface area (Å²) in [7, 11) is 0. The molecule has 0 unspecified atom stereocenters. The summed E-state index contributed by atoms with van der Waals surface area (Å²) in [6, 6.07) is 11.1. The minimum absolute atomic E-state index is 0.163. The van der Waals surface area contributed by atoms with Gasteiger partial charge >= 0.3 is 0 Å². The monoisotopic (exact) mass is 284 g/mol. The van der Waals surface area contributed by atoms with Gasteiger partial charge in [-0.3, -0.25) is 4.98 Å². The van der Waals surface area contributed by atoms with Crippen LogP contribution >= 0.6 is 11.6 Å². The second kappa shape index (κ2) is 5.24. The van der Waals surface area contributed by atoms with Crippen molar-refractivity contribution in [2.24, 2.45) is 0 Å². The van der Waals surface area contributed by atoms with Gasteiger partial charge in [0.05, 0.1) is 10.4 Å². The Bertz CT molecular complexity index is 805. The summed E-state index contributed by atoms with van der Waals surface area (Å²) in [5, 5.41) is 10.4. The summed E-state index contributed by atoms with van der Waals surface area (Å²) < 4.78 is 11.2. The Kier molecular flexibility index (Phi) is 3.28. The summed E-state index contributed by atoms with van der Waals surface area (Å²) in [5.41, 5.74) is 1.43. The van der Waals surface area contributed by atoms with Crippen molar-refractivity contribution < 1.29 is 9.15 Å². The average Bonchev–Trinajstić information content (AvgIpc) is 2.84. The Morgan fingerprint density at radius 1 is 1.30 bits per heavy atom. The Balaban J connectivity index is 1.95. The molecule has 0 saturated carbocycles. The minimum Gasteiger partial charge on any atom is -0.483 e. The van der Waals surface area contributed by atoms with Crippen LogP contribution in [0.2, 0.25) is 5.02 Å². The van der Waals surface area contributed by atoms with E-state index in [4.69, 9.17) is 26.0 Å². The van der Waals surface area contributed by atoms with Crippen molar-refractivity contribution in [1.82, 2.24) is 4.98 Å². The normalized spacial score (nSPS) is 10.4. The molecule has 2 heterocycles. The van der Waals surface area contributed by atoms with Gasteiger partial charge in [0.1, 0.15) is 18.3 Å². The quantitative estimate of drug-likeness (QED) is 0.731. The molecule has 0 aliphatic heterocycles. The minimum atomic E-state index is 0.163. The van der Waals surface area contributed by atoms with E-state index in [0.29, 0.717) is 16.4 Å². The van der Waals surface area contributed by atoms with Gasteiger partial charge in [0.25, 0.3) is 0 Å². The summed E-state index contributed by atoms with van der Waals surface area (Å²) in [5.74, 6) is 0.604. The number of pyridine rings is 1. The molecule has 0 aliphatic rings. The van der Waals surface area contributed by atoms with Crippen molar-refractivity contribution >= 4 is 22.6 Å². The van der Waals surface area contributed by atoms with Crippen molar-refractivity contribution in [3.8, 4) is 11.8 Å². The number of nitrogens with zero attached hydrogens (tertiary/aromatic N) is 2. The van der Waals surface area contributed by atoms with E-state index in [0.717, 1.165) is 10.9 Å². The first-order valence-corrected chi connectivity index (χ1v) is 6.30. The van der Waals surface area contributed by atoms with Crippen LogP contribution in [0.1, 0.15) is 11.3 Å². The molecule has 0 saturated heterocycles. The van der Waals surface area contributed by atoms with E-state index in [1.54, 1.807) is 24.5 Å². The zero-order chi connectivity index (χ0) is 13.9. The van der Waals surface area contributed by atoms with Gasteiger partial charge in [-0.05, 0) is 18.2 Å². The lowest BCUT2D eigenvalue weighted by molar-refractivity contribution is 0.303. The van der Waals surface area contributed by atoms with Gasteiger partial charge < -0.3 is 9.15 Å². The zero-order valence-electron chi connectivity index (χ0n) is 10.3. The third-order valence-electron chi connectivity index (χ3n) is 2.88. The number of furan rings is 1. The van der Waals surface area contributed by atoms with Crippen LogP contribution in [0.3, 0.4) is 0 Å². The fraction of sp³-hybridized carbons (Fsp3) is 0.0667. The van der Waals surface area contributed by atoms with Crippen molar-refractivity contribution in [1.29, 1.82) is 5.26 Å². The molecule has 5 heteroatoms. The summed E-state index contributed by atoms with van der Waals surface area (Å²) in [6.45, 7) is 0.250. The lowest BCUT2D eigenvalue weighted by Gasteiger charge is -2.06. The van der Waals surface area contributed by atoms with E-state index in [9.17, 15) is 0 Å². The van der Waals surface area contributed by atoms with Crippen LogP contribution in [-0.2, 0) is 6.61 Å². The fourth-order valence-corrected chi connectivity index (χ4v) is 2.08. The molecule has 2 aromatic heterocycles. The number of hydrogen-bond acceptors (Lipinski definition) is 4. The van der Waals surface area contributed by atoms with Crippen molar-refractivity contribution in [2.75, 3.05) is 0 Å². The molecule has 3 rings (SSSR count). The first-order chi connectivity index (χ1) is 9.79. The maximum Gasteiger partial charge on any atom is 0.246 e. The Morgan fingerprint density at radius 2 is 2.15 bits per heavy atom. The van der Waals surface area contributed by atoms with Crippen LogP contribution in [0.5, 0.6) is 5.75 Å². The lowest BCUT2D eigenvalue weighted by atomic mass is 10.2. The molecule has 0 atom stereocenters. The largest absolute Gasteiger partial charge is 0.483 e. The van der Waals surface area contributed by atoms with E-state index in [1.165, 1.54) is 0 Å². The molecule has 3 aromatic rings. The molecule has 0 aliphatic carbocycles. The summed E-state index contributed by atoms with van der Waals surface area (Å²) in [6.07, 6.45) is 3.20. The predicted octanol–water partition coefficient (Wildman–Crippen LogP) is 3.93. The van der Waals surface area contributed by atoms with Crippen molar-refractivity contribution in [3.05, 3.63) is 59.1 Å². The average molecular weight is 285 g/mol. The smallest absolute Gasteiger partial charge is 0.246 e. The molecular weight excluding hydrogens is 276 g/mol. The van der Waals surface area contributed by atoms with Crippen LogP contribution in [-0.4, -0.2) is 4.98 Å². The van der Waals surface area contributed by atoms with E-state index in [-0.39, 0.29) is 12.4 Å². The SMILES string of the molecule is N#Cc1oc2ccccc2c1OCc1ccncc1Cl. The highest BCUT2D eigenvalue weighted by Crippen LogP contribution is 2.33.